The number of anilines is 1. The summed E-state index contributed by atoms with van der Waals surface area (Å²) in [5.41, 5.74) is 5.16. The minimum atomic E-state index is -0.937. The molecule has 0 saturated carbocycles. The van der Waals surface area contributed by atoms with Crippen molar-refractivity contribution in [3.63, 3.8) is 0 Å². The van der Waals surface area contributed by atoms with E-state index in [1.54, 1.807) is 19.2 Å². The zero-order valence-corrected chi connectivity index (χ0v) is 16.4. The van der Waals surface area contributed by atoms with Crippen molar-refractivity contribution in [3.05, 3.63) is 89.5 Å². The number of aromatic carboxylic acids is 1. The van der Waals surface area contributed by atoms with Crippen LogP contribution in [0.5, 0.6) is 0 Å². The molecule has 0 aromatic heterocycles. The number of carbonyl (C=O) groups is 1. The van der Waals surface area contributed by atoms with Crippen molar-refractivity contribution in [2.75, 3.05) is 25.5 Å². The van der Waals surface area contributed by atoms with Crippen LogP contribution in [0.4, 0.5) is 5.69 Å². The molecule has 29 heavy (non-hydrogen) atoms. The van der Waals surface area contributed by atoms with Gasteiger partial charge in [-0.15, -0.1) is 0 Å². The minimum Gasteiger partial charge on any atom is -0.478 e. The van der Waals surface area contributed by atoms with Crippen LogP contribution in [0, 0.1) is 0 Å². The second kappa shape index (κ2) is 9.87. The maximum Gasteiger partial charge on any atom is 0.335 e. The molecular weight excluding hydrogens is 364 g/mol. The van der Waals surface area contributed by atoms with Crippen molar-refractivity contribution < 1.29 is 15.0 Å². The molecule has 5 heteroatoms. The Kier molecular flexibility index (Phi) is 7.00. The summed E-state index contributed by atoms with van der Waals surface area (Å²) in [4.78, 5) is 11.2. The summed E-state index contributed by atoms with van der Waals surface area (Å²) >= 11 is 0. The second-order valence-corrected chi connectivity index (χ2v) is 6.89. The van der Waals surface area contributed by atoms with E-state index in [1.165, 1.54) is 5.56 Å². The average molecular weight is 390 g/mol. The topological polar surface area (TPSA) is 81.6 Å². The van der Waals surface area contributed by atoms with Crippen LogP contribution < -0.4 is 10.6 Å². The van der Waals surface area contributed by atoms with Crippen molar-refractivity contribution in [3.8, 4) is 11.1 Å². The van der Waals surface area contributed by atoms with E-state index in [1.807, 2.05) is 48.5 Å². The van der Waals surface area contributed by atoms with Crippen LogP contribution in [-0.2, 0) is 6.42 Å². The van der Waals surface area contributed by atoms with Crippen molar-refractivity contribution in [2.24, 2.45) is 0 Å². The van der Waals surface area contributed by atoms with E-state index in [0.717, 1.165) is 35.3 Å². The highest BCUT2D eigenvalue weighted by molar-refractivity contribution is 5.91. The van der Waals surface area contributed by atoms with Gasteiger partial charge in [-0.3, -0.25) is 0 Å². The number of rotatable bonds is 9. The molecule has 3 aromatic carbocycles. The van der Waals surface area contributed by atoms with Crippen LogP contribution in [0.1, 0.15) is 27.6 Å². The van der Waals surface area contributed by atoms with Gasteiger partial charge in [-0.25, -0.2) is 4.79 Å². The van der Waals surface area contributed by atoms with Gasteiger partial charge in [-0.1, -0.05) is 60.7 Å². The number of aliphatic hydroxyl groups excluding tert-OH is 1. The zero-order chi connectivity index (χ0) is 20.6. The van der Waals surface area contributed by atoms with Crippen LogP contribution in [0.25, 0.3) is 11.1 Å². The standard InChI is InChI=1S/C24H26N2O3/c1-25-22-15-20(24(28)29)11-12-21(22)18-9-7-17(8-10-18)13-14-26-16-23(27)19-5-3-2-4-6-19/h2-12,15,23,25-27H,13-14,16H2,1H3,(H,28,29)/t23-/m1/s1. The molecule has 4 N–H and O–H groups in total. The van der Waals surface area contributed by atoms with E-state index < -0.39 is 12.1 Å². The highest BCUT2D eigenvalue weighted by Gasteiger charge is 2.09. The molecule has 3 aromatic rings. The van der Waals surface area contributed by atoms with Crippen LogP contribution in [0.2, 0.25) is 0 Å². The molecule has 0 aliphatic heterocycles. The van der Waals surface area contributed by atoms with Crippen molar-refractivity contribution in [1.29, 1.82) is 0 Å². The SMILES string of the molecule is CNc1cc(C(=O)O)ccc1-c1ccc(CCNC[C@@H](O)c2ccccc2)cc1. The zero-order valence-electron chi connectivity index (χ0n) is 16.4. The highest BCUT2D eigenvalue weighted by atomic mass is 16.4. The third-order valence-corrected chi connectivity index (χ3v) is 4.91. The van der Waals surface area contributed by atoms with E-state index in [2.05, 4.69) is 22.8 Å². The molecule has 1 atom stereocenters. The lowest BCUT2D eigenvalue weighted by Crippen LogP contribution is -2.23. The lowest BCUT2D eigenvalue weighted by molar-refractivity contribution is 0.0697. The third-order valence-electron chi connectivity index (χ3n) is 4.91. The number of hydrogen-bond donors (Lipinski definition) is 4. The quantitative estimate of drug-likeness (QED) is 0.416. The second-order valence-electron chi connectivity index (χ2n) is 6.89. The van der Waals surface area contributed by atoms with E-state index >= 15 is 0 Å². The smallest absolute Gasteiger partial charge is 0.335 e. The lowest BCUT2D eigenvalue weighted by Gasteiger charge is -2.13. The molecule has 0 amide bonds. The molecule has 5 nitrogen and oxygen atoms in total. The summed E-state index contributed by atoms with van der Waals surface area (Å²) in [6.45, 7) is 1.29. The van der Waals surface area contributed by atoms with Crippen LogP contribution in [-0.4, -0.2) is 36.3 Å². The molecule has 0 aliphatic carbocycles. The molecule has 0 radical (unpaired) electrons. The molecule has 0 heterocycles. The van der Waals surface area contributed by atoms with Gasteiger partial charge in [0.15, 0.2) is 0 Å². The fourth-order valence-electron chi connectivity index (χ4n) is 3.25. The van der Waals surface area contributed by atoms with Gasteiger partial charge < -0.3 is 20.8 Å². The Morgan fingerprint density at radius 2 is 1.72 bits per heavy atom. The van der Waals surface area contributed by atoms with Gasteiger partial charge in [0.1, 0.15) is 0 Å². The van der Waals surface area contributed by atoms with Crippen LogP contribution in [0.3, 0.4) is 0 Å². The number of carboxylic acids is 1. The Bertz CT molecular complexity index is 940. The normalized spacial score (nSPS) is 11.8. The highest BCUT2D eigenvalue weighted by Crippen LogP contribution is 2.29. The number of benzene rings is 3. The molecule has 0 aliphatic rings. The van der Waals surface area contributed by atoms with Gasteiger partial charge in [0.2, 0.25) is 0 Å². The maximum absolute atomic E-state index is 11.2. The monoisotopic (exact) mass is 390 g/mol. The Labute approximate surface area is 171 Å². The number of carboxylic acid groups (broad SMARTS) is 1. The van der Waals surface area contributed by atoms with E-state index in [-0.39, 0.29) is 5.56 Å². The average Bonchev–Trinajstić information content (AvgIpc) is 2.77. The molecule has 0 saturated heterocycles. The molecule has 3 rings (SSSR count). The first-order valence-electron chi connectivity index (χ1n) is 9.66. The predicted molar refractivity (Wildman–Crippen MR) is 116 cm³/mol. The van der Waals surface area contributed by atoms with Crippen molar-refractivity contribution >= 4 is 11.7 Å². The number of aliphatic hydroxyl groups is 1. The lowest BCUT2D eigenvalue weighted by atomic mass is 9.99. The fraction of sp³-hybridized carbons (Fsp3) is 0.208. The van der Waals surface area contributed by atoms with Gasteiger partial charge in [0.25, 0.3) is 0 Å². The maximum atomic E-state index is 11.2. The Morgan fingerprint density at radius 1 is 1.00 bits per heavy atom. The summed E-state index contributed by atoms with van der Waals surface area (Å²) in [7, 11) is 1.79. The molecule has 0 unspecified atom stereocenters. The first-order chi connectivity index (χ1) is 14.1. The van der Waals surface area contributed by atoms with E-state index in [9.17, 15) is 9.90 Å². The van der Waals surface area contributed by atoms with E-state index in [4.69, 9.17) is 5.11 Å². The van der Waals surface area contributed by atoms with Gasteiger partial charge in [-0.05, 0) is 41.8 Å². The fourth-order valence-corrected chi connectivity index (χ4v) is 3.25. The summed E-state index contributed by atoms with van der Waals surface area (Å²) in [5, 5.41) is 25.7. The minimum absolute atomic E-state index is 0.262. The number of hydrogen-bond acceptors (Lipinski definition) is 4. The molecule has 0 spiro atoms. The van der Waals surface area contributed by atoms with E-state index in [0.29, 0.717) is 6.54 Å². The molecular formula is C24H26N2O3. The molecule has 150 valence electrons. The van der Waals surface area contributed by atoms with Crippen molar-refractivity contribution in [1.82, 2.24) is 5.32 Å². The Hall–Kier alpha value is -3.15. The van der Waals surface area contributed by atoms with Gasteiger partial charge in [0.05, 0.1) is 11.7 Å². The summed E-state index contributed by atoms with van der Waals surface area (Å²) in [5.74, 6) is -0.937. The molecule has 0 bridgehead atoms. The number of nitrogens with one attached hydrogen (secondary N) is 2. The molecule has 0 fully saturated rings. The van der Waals surface area contributed by atoms with Gasteiger partial charge in [-0.2, -0.15) is 0 Å². The van der Waals surface area contributed by atoms with Gasteiger partial charge in [0, 0.05) is 24.8 Å². The Morgan fingerprint density at radius 3 is 2.38 bits per heavy atom. The summed E-state index contributed by atoms with van der Waals surface area (Å²) in [6.07, 6.45) is 0.353. The van der Waals surface area contributed by atoms with Crippen LogP contribution >= 0.6 is 0 Å². The van der Waals surface area contributed by atoms with Crippen LogP contribution in [0.15, 0.2) is 72.8 Å². The summed E-state index contributed by atoms with van der Waals surface area (Å²) < 4.78 is 0. The largest absolute Gasteiger partial charge is 0.478 e. The van der Waals surface area contributed by atoms with Crippen molar-refractivity contribution in [2.45, 2.75) is 12.5 Å². The third kappa shape index (κ3) is 5.44. The summed E-state index contributed by atoms with van der Waals surface area (Å²) in [6, 6.07) is 23.0. The van der Waals surface area contributed by atoms with Gasteiger partial charge >= 0.3 is 5.97 Å². The first kappa shape index (κ1) is 20.6. The predicted octanol–water partition coefficient (Wildman–Crippen LogP) is 3.96. The Balaban J connectivity index is 1.56. The first-order valence-corrected chi connectivity index (χ1v) is 9.66.